The standard InChI is InChI=1S/C15H21ClN2OS/c1-2-3-4-5-6-7-14(19)18-13-10-11(16)8-9-12(13)15(17)20/h8-10H,2-7H2,1H3,(H2,17,20)(H,18,19). The Labute approximate surface area is 130 Å². The summed E-state index contributed by atoms with van der Waals surface area (Å²) in [5.41, 5.74) is 6.86. The van der Waals surface area contributed by atoms with Gasteiger partial charge in [-0.1, -0.05) is 56.4 Å². The highest BCUT2D eigenvalue weighted by molar-refractivity contribution is 7.80. The van der Waals surface area contributed by atoms with E-state index >= 15 is 0 Å². The van der Waals surface area contributed by atoms with Crippen LogP contribution >= 0.6 is 23.8 Å². The minimum Gasteiger partial charge on any atom is -0.389 e. The first-order chi connectivity index (χ1) is 9.54. The van der Waals surface area contributed by atoms with Crippen LogP contribution in [0.15, 0.2) is 18.2 Å². The van der Waals surface area contributed by atoms with Crippen LogP contribution in [0.1, 0.15) is 51.0 Å². The molecule has 5 heteroatoms. The van der Waals surface area contributed by atoms with Crippen LogP contribution < -0.4 is 11.1 Å². The molecule has 1 aromatic carbocycles. The minimum atomic E-state index is -0.0266. The molecule has 3 N–H and O–H groups in total. The van der Waals surface area contributed by atoms with Crippen molar-refractivity contribution in [3.63, 3.8) is 0 Å². The van der Waals surface area contributed by atoms with Crippen molar-refractivity contribution in [3.05, 3.63) is 28.8 Å². The molecular weight excluding hydrogens is 292 g/mol. The average Bonchev–Trinajstić information content (AvgIpc) is 2.38. The normalized spacial score (nSPS) is 10.3. The Balaban J connectivity index is 2.53. The van der Waals surface area contributed by atoms with Crippen LogP contribution in [-0.2, 0) is 4.79 Å². The topological polar surface area (TPSA) is 55.1 Å². The van der Waals surface area contributed by atoms with Gasteiger partial charge in [-0.25, -0.2) is 0 Å². The van der Waals surface area contributed by atoms with Crippen LogP contribution in [0.5, 0.6) is 0 Å². The summed E-state index contributed by atoms with van der Waals surface area (Å²) in [4.78, 5) is 12.1. The number of thiocarbonyl (C=S) groups is 1. The lowest BCUT2D eigenvalue weighted by molar-refractivity contribution is -0.116. The van der Waals surface area contributed by atoms with Gasteiger partial charge in [-0.15, -0.1) is 0 Å². The van der Waals surface area contributed by atoms with E-state index in [4.69, 9.17) is 29.6 Å². The van der Waals surface area contributed by atoms with E-state index in [0.29, 0.717) is 22.7 Å². The largest absolute Gasteiger partial charge is 0.389 e. The maximum Gasteiger partial charge on any atom is 0.224 e. The fourth-order valence-corrected chi connectivity index (χ4v) is 2.29. The van der Waals surface area contributed by atoms with Crippen LogP contribution in [0.4, 0.5) is 5.69 Å². The fourth-order valence-electron chi connectivity index (χ4n) is 1.94. The second-order valence-electron chi connectivity index (χ2n) is 4.77. The fraction of sp³-hybridized carbons (Fsp3) is 0.467. The number of carbonyl (C=O) groups excluding carboxylic acids is 1. The molecule has 0 bridgehead atoms. The Hall–Kier alpha value is -1.13. The van der Waals surface area contributed by atoms with Gasteiger partial charge in [0.25, 0.3) is 0 Å². The van der Waals surface area contributed by atoms with Gasteiger partial charge in [-0.2, -0.15) is 0 Å². The highest BCUT2D eigenvalue weighted by Crippen LogP contribution is 2.21. The number of halogens is 1. The Bertz CT molecular complexity index is 477. The monoisotopic (exact) mass is 312 g/mol. The molecule has 0 aliphatic rings. The van der Waals surface area contributed by atoms with Gasteiger partial charge >= 0.3 is 0 Å². The summed E-state index contributed by atoms with van der Waals surface area (Å²) in [6.07, 6.45) is 6.09. The molecule has 0 fully saturated rings. The highest BCUT2D eigenvalue weighted by Gasteiger charge is 2.09. The highest BCUT2D eigenvalue weighted by atomic mass is 35.5. The predicted octanol–water partition coefficient (Wildman–Crippen LogP) is 4.27. The van der Waals surface area contributed by atoms with Crippen molar-refractivity contribution in [2.45, 2.75) is 45.4 Å². The van der Waals surface area contributed by atoms with E-state index < -0.39 is 0 Å². The zero-order chi connectivity index (χ0) is 15.0. The van der Waals surface area contributed by atoms with Gasteiger partial charge in [0.1, 0.15) is 4.99 Å². The van der Waals surface area contributed by atoms with Crippen LogP contribution in [0.25, 0.3) is 0 Å². The van der Waals surface area contributed by atoms with E-state index in [9.17, 15) is 4.79 Å². The Morgan fingerprint density at radius 2 is 2.00 bits per heavy atom. The molecular formula is C15H21ClN2OS. The van der Waals surface area contributed by atoms with Crippen LogP contribution in [-0.4, -0.2) is 10.9 Å². The summed E-state index contributed by atoms with van der Waals surface area (Å²) in [5, 5.41) is 3.38. The summed E-state index contributed by atoms with van der Waals surface area (Å²) in [6, 6.07) is 5.10. The van der Waals surface area contributed by atoms with Crippen LogP contribution in [0, 0.1) is 0 Å². The molecule has 0 aromatic heterocycles. The molecule has 0 aliphatic carbocycles. The van der Waals surface area contributed by atoms with Crippen molar-refractivity contribution < 1.29 is 4.79 Å². The summed E-state index contributed by atoms with van der Waals surface area (Å²) in [6.45, 7) is 2.17. The van der Waals surface area contributed by atoms with Crippen LogP contribution in [0.2, 0.25) is 5.02 Å². The number of rotatable bonds is 8. The van der Waals surface area contributed by atoms with Gasteiger partial charge < -0.3 is 11.1 Å². The molecule has 0 aliphatic heterocycles. The molecule has 20 heavy (non-hydrogen) atoms. The number of unbranched alkanes of at least 4 members (excludes halogenated alkanes) is 4. The Morgan fingerprint density at radius 1 is 1.30 bits per heavy atom. The third kappa shape index (κ3) is 5.88. The Morgan fingerprint density at radius 3 is 2.65 bits per heavy atom. The minimum absolute atomic E-state index is 0.0266. The van der Waals surface area contributed by atoms with E-state index in [1.807, 2.05) is 0 Å². The molecule has 3 nitrogen and oxygen atoms in total. The third-order valence-corrected chi connectivity index (χ3v) is 3.48. The molecule has 1 rings (SSSR count). The van der Waals surface area contributed by atoms with Crippen molar-refractivity contribution in [3.8, 4) is 0 Å². The number of nitrogens with two attached hydrogens (primary N) is 1. The first-order valence-electron chi connectivity index (χ1n) is 6.93. The first kappa shape index (κ1) is 16.9. The van der Waals surface area contributed by atoms with Crippen molar-refractivity contribution in [1.29, 1.82) is 0 Å². The maximum absolute atomic E-state index is 11.9. The zero-order valence-corrected chi connectivity index (χ0v) is 13.3. The number of anilines is 1. The molecule has 0 atom stereocenters. The zero-order valence-electron chi connectivity index (χ0n) is 11.7. The van der Waals surface area contributed by atoms with E-state index in [-0.39, 0.29) is 10.9 Å². The van der Waals surface area contributed by atoms with E-state index in [0.717, 1.165) is 12.8 Å². The third-order valence-electron chi connectivity index (χ3n) is 3.03. The molecule has 0 saturated heterocycles. The quantitative estimate of drug-likeness (QED) is 0.556. The average molecular weight is 313 g/mol. The van der Waals surface area contributed by atoms with Gasteiger partial charge in [-0.05, 0) is 24.6 Å². The molecule has 0 spiro atoms. The SMILES string of the molecule is CCCCCCCC(=O)Nc1cc(Cl)ccc1C(N)=S. The number of benzene rings is 1. The first-order valence-corrected chi connectivity index (χ1v) is 7.72. The molecule has 0 radical (unpaired) electrons. The summed E-state index contributed by atoms with van der Waals surface area (Å²) in [5.74, 6) is -0.0266. The predicted molar refractivity (Wildman–Crippen MR) is 89.3 cm³/mol. The molecule has 0 heterocycles. The number of carbonyl (C=O) groups is 1. The lowest BCUT2D eigenvalue weighted by atomic mass is 10.1. The second kappa shape index (κ2) is 8.93. The molecule has 0 saturated carbocycles. The smallest absolute Gasteiger partial charge is 0.224 e. The number of hydrogen-bond acceptors (Lipinski definition) is 2. The van der Waals surface area contributed by atoms with Crippen molar-refractivity contribution in [1.82, 2.24) is 0 Å². The van der Waals surface area contributed by atoms with E-state index in [1.54, 1.807) is 18.2 Å². The Kier molecular flexibility index (Phi) is 7.55. The number of nitrogens with one attached hydrogen (secondary N) is 1. The number of amides is 1. The van der Waals surface area contributed by atoms with Crippen LogP contribution in [0.3, 0.4) is 0 Å². The van der Waals surface area contributed by atoms with Crippen molar-refractivity contribution >= 4 is 40.4 Å². The van der Waals surface area contributed by atoms with Crippen molar-refractivity contribution in [2.75, 3.05) is 5.32 Å². The van der Waals surface area contributed by atoms with Gasteiger partial charge in [0.15, 0.2) is 0 Å². The lowest BCUT2D eigenvalue weighted by Gasteiger charge is -2.10. The summed E-state index contributed by atoms with van der Waals surface area (Å²) >= 11 is 10.9. The van der Waals surface area contributed by atoms with Crippen molar-refractivity contribution in [2.24, 2.45) is 5.73 Å². The molecule has 1 aromatic rings. The number of hydrogen-bond donors (Lipinski definition) is 2. The summed E-state index contributed by atoms with van der Waals surface area (Å²) in [7, 11) is 0. The van der Waals surface area contributed by atoms with Gasteiger partial charge in [0, 0.05) is 17.0 Å². The van der Waals surface area contributed by atoms with Gasteiger partial charge in [0.2, 0.25) is 5.91 Å². The molecule has 110 valence electrons. The molecule has 1 amide bonds. The van der Waals surface area contributed by atoms with E-state index in [1.165, 1.54) is 19.3 Å². The second-order valence-corrected chi connectivity index (χ2v) is 5.64. The van der Waals surface area contributed by atoms with E-state index in [2.05, 4.69) is 12.2 Å². The molecule has 0 unspecified atom stereocenters. The lowest BCUT2D eigenvalue weighted by Crippen LogP contribution is -2.17. The summed E-state index contributed by atoms with van der Waals surface area (Å²) < 4.78 is 0. The van der Waals surface area contributed by atoms with Gasteiger partial charge in [0.05, 0.1) is 5.69 Å². The maximum atomic E-state index is 11.9. The van der Waals surface area contributed by atoms with Gasteiger partial charge in [-0.3, -0.25) is 4.79 Å².